The molecule has 1 heterocycles. The molecule has 0 saturated carbocycles. The number of methoxy groups -OCH3 is 1. The molecule has 0 aliphatic carbocycles. The molecule has 15 heavy (non-hydrogen) atoms. The predicted octanol–water partition coefficient (Wildman–Crippen LogP) is 1.65. The molecular weight excluding hydrogens is 192 g/mol. The maximum Gasteiger partial charge on any atom is 0.325 e. The first-order valence-electron chi connectivity index (χ1n) is 4.52. The third kappa shape index (κ3) is 2.15. The van der Waals surface area contributed by atoms with Gasteiger partial charge >= 0.3 is 5.97 Å². The van der Waals surface area contributed by atoms with E-state index < -0.39 is 0 Å². The molecular formula is C11H14N2O2. The fourth-order valence-corrected chi connectivity index (χ4v) is 1.36. The van der Waals surface area contributed by atoms with Crippen LogP contribution in [0.3, 0.4) is 0 Å². The Morgan fingerprint density at radius 2 is 2.20 bits per heavy atom. The number of imidazole rings is 1. The van der Waals surface area contributed by atoms with Crippen LogP contribution < -0.4 is 0 Å². The Hall–Kier alpha value is -1.84. The largest absolute Gasteiger partial charge is 0.468 e. The third-order valence-electron chi connectivity index (χ3n) is 2.13. The molecule has 0 fully saturated rings. The normalized spacial score (nSPS) is 9.73. The zero-order valence-corrected chi connectivity index (χ0v) is 8.99. The van der Waals surface area contributed by atoms with Crippen LogP contribution in [0.15, 0.2) is 13.2 Å². The van der Waals surface area contributed by atoms with E-state index in [1.54, 1.807) is 16.7 Å². The van der Waals surface area contributed by atoms with Crippen molar-refractivity contribution in [2.24, 2.45) is 0 Å². The molecule has 1 aromatic heterocycles. The number of aryl methyl sites for hydroxylation is 1. The predicted molar refractivity (Wildman–Crippen MR) is 59.2 cm³/mol. The molecule has 0 N–H and O–H groups in total. The van der Waals surface area contributed by atoms with E-state index in [1.807, 2.05) is 6.92 Å². The van der Waals surface area contributed by atoms with Crippen molar-refractivity contribution in [2.75, 3.05) is 7.11 Å². The fourth-order valence-electron chi connectivity index (χ4n) is 1.36. The SMILES string of the molecule is C=Cc1nc(C)n(CC(=O)OC)c1C=C. The average Bonchev–Trinajstić information content (AvgIpc) is 2.55. The van der Waals surface area contributed by atoms with Crippen molar-refractivity contribution >= 4 is 18.1 Å². The van der Waals surface area contributed by atoms with Crippen molar-refractivity contribution in [3.8, 4) is 0 Å². The van der Waals surface area contributed by atoms with Crippen molar-refractivity contribution < 1.29 is 9.53 Å². The van der Waals surface area contributed by atoms with Gasteiger partial charge in [-0.3, -0.25) is 4.79 Å². The Morgan fingerprint density at radius 1 is 1.53 bits per heavy atom. The molecule has 0 atom stereocenters. The van der Waals surface area contributed by atoms with Gasteiger partial charge in [-0.25, -0.2) is 4.98 Å². The summed E-state index contributed by atoms with van der Waals surface area (Å²) in [5, 5.41) is 0. The maximum absolute atomic E-state index is 11.2. The topological polar surface area (TPSA) is 44.1 Å². The van der Waals surface area contributed by atoms with Crippen molar-refractivity contribution in [1.82, 2.24) is 9.55 Å². The third-order valence-corrected chi connectivity index (χ3v) is 2.13. The molecule has 4 heteroatoms. The molecule has 0 bridgehead atoms. The molecule has 0 spiro atoms. The van der Waals surface area contributed by atoms with E-state index in [-0.39, 0.29) is 12.5 Å². The van der Waals surface area contributed by atoms with Gasteiger partial charge in [0, 0.05) is 0 Å². The number of hydrogen-bond donors (Lipinski definition) is 0. The summed E-state index contributed by atoms with van der Waals surface area (Å²) in [6, 6.07) is 0. The van der Waals surface area contributed by atoms with Crippen LogP contribution >= 0.6 is 0 Å². The number of hydrogen-bond acceptors (Lipinski definition) is 3. The Kier molecular flexibility index (Phi) is 3.44. The summed E-state index contributed by atoms with van der Waals surface area (Å²) in [4.78, 5) is 15.4. The van der Waals surface area contributed by atoms with E-state index in [0.29, 0.717) is 0 Å². The summed E-state index contributed by atoms with van der Waals surface area (Å²) in [6.07, 6.45) is 3.29. The second-order valence-corrected chi connectivity index (χ2v) is 3.00. The van der Waals surface area contributed by atoms with Gasteiger partial charge < -0.3 is 9.30 Å². The molecule has 1 rings (SSSR count). The number of carbonyl (C=O) groups is 1. The molecule has 0 aliphatic heterocycles. The van der Waals surface area contributed by atoms with Gasteiger partial charge in [-0.2, -0.15) is 0 Å². The first-order valence-corrected chi connectivity index (χ1v) is 4.52. The Morgan fingerprint density at radius 3 is 2.67 bits per heavy atom. The van der Waals surface area contributed by atoms with Gasteiger partial charge in [0.05, 0.1) is 18.5 Å². The standard InChI is InChI=1S/C11H14N2O2/c1-5-9-10(6-2)13(8(3)12-9)7-11(14)15-4/h5-6H,1-2,7H2,3-4H3. The maximum atomic E-state index is 11.2. The molecule has 0 radical (unpaired) electrons. The lowest BCUT2D eigenvalue weighted by Crippen LogP contribution is -2.13. The Labute approximate surface area is 88.9 Å². The molecule has 1 aromatic rings. The number of aromatic nitrogens is 2. The van der Waals surface area contributed by atoms with Crippen molar-refractivity contribution in [1.29, 1.82) is 0 Å². The minimum absolute atomic E-state index is 0.143. The summed E-state index contributed by atoms with van der Waals surface area (Å²) in [7, 11) is 1.36. The van der Waals surface area contributed by atoms with Gasteiger partial charge in [-0.15, -0.1) is 0 Å². The molecule has 0 aromatic carbocycles. The molecule has 0 saturated heterocycles. The molecule has 0 aliphatic rings. The average molecular weight is 206 g/mol. The molecule has 0 unspecified atom stereocenters. The zero-order chi connectivity index (χ0) is 11.4. The van der Waals surface area contributed by atoms with Crippen LogP contribution in [0.1, 0.15) is 17.2 Å². The molecule has 0 amide bonds. The highest BCUT2D eigenvalue weighted by Gasteiger charge is 2.12. The van der Waals surface area contributed by atoms with Crippen LogP contribution in [0.4, 0.5) is 0 Å². The first kappa shape index (κ1) is 11.2. The molecule has 4 nitrogen and oxygen atoms in total. The summed E-state index contributed by atoms with van der Waals surface area (Å²) < 4.78 is 6.35. The second-order valence-electron chi connectivity index (χ2n) is 3.00. The highest BCUT2D eigenvalue weighted by Crippen LogP contribution is 2.14. The lowest BCUT2D eigenvalue weighted by atomic mass is 10.3. The highest BCUT2D eigenvalue weighted by atomic mass is 16.5. The van der Waals surface area contributed by atoms with Crippen LogP contribution in [0.25, 0.3) is 12.2 Å². The van der Waals surface area contributed by atoms with Gasteiger partial charge in [0.15, 0.2) is 0 Å². The smallest absolute Gasteiger partial charge is 0.325 e. The number of nitrogens with zero attached hydrogens (tertiary/aromatic N) is 2. The summed E-state index contributed by atoms with van der Waals surface area (Å²) in [5.41, 5.74) is 1.51. The van der Waals surface area contributed by atoms with Gasteiger partial charge in [0.1, 0.15) is 12.4 Å². The van der Waals surface area contributed by atoms with Crippen LogP contribution in [0.5, 0.6) is 0 Å². The lowest BCUT2D eigenvalue weighted by Gasteiger charge is -2.05. The Balaban J connectivity index is 3.15. The number of carbonyl (C=O) groups excluding carboxylic acids is 1. The minimum Gasteiger partial charge on any atom is -0.468 e. The van der Waals surface area contributed by atoms with Gasteiger partial charge in [-0.1, -0.05) is 13.2 Å². The van der Waals surface area contributed by atoms with Gasteiger partial charge in [0.25, 0.3) is 0 Å². The van der Waals surface area contributed by atoms with Crippen molar-refractivity contribution in [3.63, 3.8) is 0 Å². The monoisotopic (exact) mass is 206 g/mol. The second kappa shape index (κ2) is 4.59. The van der Waals surface area contributed by atoms with Crippen molar-refractivity contribution in [3.05, 3.63) is 30.4 Å². The van der Waals surface area contributed by atoms with Crippen LogP contribution in [-0.4, -0.2) is 22.6 Å². The molecule has 80 valence electrons. The van der Waals surface area contributed by atoms with Crippen molar-refractivity contribution in [2.45, 2.75) is 13.5 Å². The van der Waals surface area contributed by atoms with Crippen LogP contribution in [0, 0.1) is 6.92 Å². The van der Waals surface area contributed by atoms with E-state index in [2.05, 4.69) is 22.9 Å². The number of ether oxygens (including phenoxy) is 1. The van der Waals surface area contributed by atoms with E-state index in [0.717, 1.165) is 17.2 Å². The number of rotatable bonds is 4. The summed E-state index contributed by atoms with van der Waals surface area (Å²) >= 11 is 0. The van der Waals surface area contributed by atoms with E-state index in [4.69, 9.17) is 0 Å². The van der Waals surface area contributed by atoms with Gasteiger partial charge in [-0.05, 0) is 19.1 Å². The minimum atomic E-state index is -0.311. The highest BCUT2D eigenvalue weighted by molar-refractivity contribution is 5.70. The lowest BCUT2D eigenvalue weighted by molar-refractivity contribution is -0.141. The Bertz CT molecular complexity index is 405. The first-order chi connectivity index (χ1) is 7.13. The van der Waals surface area contributed by atoms with E-state index in [9.17, 15) is 4.79 Å². The van der Waals surface area contributed by atoms with Crippen LogP contribution in [-0.2, 0) is 16.1 Å². The summed E-state index contributed by atoms with van der Waals surface area (Å²) in [6.45, 7) is 9.31. The number of esters is 1. The van der Waals surface area contributed by atoms with E-state index in [1.165, 1.54) is 7.11 Å². The zero-order valence-electron chi connectivity index (χ0n) is 8.99. The fraction of sp³-hybridized carbons (Fsp3) is 0.273. The summed E-state index contributed by atoms with van der Waals surface area (Å²) in [5.74, 6) is 0.430. The van der Waals surface area contributed by atoms with E-state index >= 15 is 0 Å². The van der Waals surface area contributed by atoms with Gasteiger partial charge in [0.2, 0.25) is 0 Å². The van der Waals surface area contributed by atoms with Crippen LogP contribution in [0.2, 0.25) is 0 Å². The quantitative estimate of drug-likeness (QED) is 0.703.